The SMILES string of the molecule is CCOC(=O)/C=C/C1=NC(=C(/c2c(C)cc(-c3ccc(O)cc3)cc2C)c2c3c(c(/C=C/C(=O)OCC)n2B(F)F)CCCC3)/C2=C1CCCC2. The molecule has 6 rings (SSSR count). The highest BCUT2D eigenvalue weighted by atomic mass is 19.2. The van der Waals surface area contributed by atoms with Gasteiger partial charge in [0.05, 0.1) is 24.6 Å². The van der Waals surface area contributed by atoms with Crippen molar-refractivity contribution in [2.45, 2.75) is 79.1 Å². The normalized spacial score (nSPS) is 16.7. The minimum Gasteiger partial charge on any atom is -0.508 e. The number of hydrogen-bond acceptors (Lipinski definition) is 6. The Morgan fingerprint density at radius 2 is 1.39 bits per heavy atom. The van der Waals surface area contributed by atoms with Gasteiger partial charge < -0.3 is 19.1 Å². The summed E-state index contributed by atoms with van der Waals surface area (Å²) < 4.78 is 42.7. The van der Waals surface area contributed by atoms with Crippen LogP contribution in [-0.4, -0.2) is 47.9 Å². The fourth-order valence-corrected chi connectivity index (χ4v) is 7.77. The van der Waals surface area contributed by atoms with Crippen molar-refractivity contribution in [3.05, 3.63) is 111 Å². The second kappa shape index (κ2) is 15.5. The number of ether oxygens (including phenoxy) is 2. The Hall–Kier alpha value is -4.99. The minimum atomic E-state index is -2.91. The molecule has 3 aromatic rings. The number of aryl methyl sites for hydroxylation is 2. The van der Waals surface area contributed by atoms with Gasteiger partial charge in [-0.1, -0.05) is 24.3 Å². The molecule has 0 bridgehead atoms. The molecule has 0 saturated carbocycles. The number of phenols is 1. The Morgan fingerprint density at radius 1 is 0.824 bits per heavy atom. The van der Waals surface area contributed by atoms with E-state index in [1.165, 1.54) is 18.2 Å². The first-order valence-corrected chi connectivity index (χ1v) is 17.8. The maximum Gasteiger partial charge on any atom is 0.678 e. The number of fused-ring (bicyclic) bond motifs is 1. The van der Waals surface area contributed by atoms with E-state index in [4.69, 9.17) is 14.5 Å². The summed E-state index contributed by atoms with van der Waals surface area (Å²) in [4.78, 5) is 30.0. The number of aromatic nitrogens is 1. The van der Waals surface area contributed by atoms with Crippen LogP contribution in [-0.2, 0) is 31.9 Å². The van der Waals surface area contributed by atoms with Crippen molar-refractivity contribution in [3.8, 4) is 16.9 Å². The number of allylic oxidation sites excluding steroid dienone is 3. The van der Waals surface area contributed by atoms with E-state index in [9.17, 15) is 14.7 Å². The largest absolute Gasteiger partial charge is 0.678 e. The van der Waals surface area contributed by atoms with E-state index in [-0.39, 0.29) is 19.0 Å². The van der Waals surface area contributed by atoms with Gasteiger partial charge in [-0.3, -0.25) is 8.63 Å². The smallest absolute Gasteiger partial charge is 0.508 e. The summed E-state index contributed by atoms with van der Waals surface area (Å²) in [7, 11) is -2.91. The first-order valence-electron chi connectivity index (χ1n) is 17.8. The first kappa shape index (κ1) is 35.8. The number of aliphatic imine (C=N–C) groups is 1. The lowest BCUT2D eigenvalue weighted by molar-refractivity contribution is -0.138. The third-order valence-corrected chi connectivity index (χ3v) is 9.84. The van der Waals surface area contributed by atoms with Crippen LogP contribution in [0.5, 0.6) is 5.75 Å². The molecule has 0 fully saturated rings. The predicted octanol–water partition coefficient (Wildman–Crippen LogP) is 8.91. The first-order chi connectivity index (χ1) is 24.6. The Morgan fingerprint density at radius 3 is 2.00 bits per heavy atom. The average Bonchev–Trinajstić information content (AvgIpc) is 3.64. The number of halogens is 2. The lowest BCUT2D eigenvalue weighted by atomic mass is 9.82. The second-order valence-electron chi connectivity index (χ2n) is 13.1. The van der Waals surface area contributed by atoms with Gasteiger partial charge in [0.2, 0.25) is 0 Å². The van der Waals surface area contributed by atoms with Crippen LogP contribution in [0.15, 0.2) is 76.5 Å². The second-order valence-corrected chi connectivity index (χ2v) is 13.1. The third-order valence-electron chi connectivity index (χ3n) is 9.84. The standard InChI is InChI=1S/C41H43BF2N2O5/c1-5-50-36(48)21-19-34-30-11-7-9-13-32(30)40(45-34)39(38-25(3)23-28(24-26(38)4)27-15-17-29(47)18-16-27)41-33-14-10-8-12-31(33)35(46(41)42(43)44)20-22-37(49)51-6-2/h15-24,47H,5-14H2,1-4H3/b21-19+,22-20+,40-39-. The molecule has 1 aliphatic heterocycles. The highest BCUT2D eigenvalue weighted by molar-refractivity contribution is 6.42. The van der Waals surface area contributed by atoms with Crippen molar-refractivity contribution in [1.29, 1.82) is 0 Å². The molecule has 0 atom stereocenters. The van der Waals surface area contributed by atoms with Gasteiger partial charge in [0.15, 0.2) is 0 Å². The molecule has 10 heteroatoms. The van der Waals surface area contributed by atoms with Gasteiger partial charge >= 0.3 is 19.3 Å². The number of rotatable bonds is 10. The Balaban J connectivity index is 1.68. The predicted molar refractivity (Wildman–Crippen MR) is 198 cm³/mol. The van der Waals surface area contributed by atoms with Crippen molar-refractivity contribution in [3.63, 3.8) is 0 Å². The summed E-state index contributed by atoms with van der Waals surface area (Å²) in [5, 5.41) is 9.91. The summed E-state index contributed by atoms with van der Waals surface area (Å²) in [5.41, 5.74) is 10.8. The van der Waals surface area contributed by atoms with E-state index in [2.05, 4.69) is 12.1 Å². The van der Waals surface area contributed by atoms with Crippen LogP contribution in [0.1, 0.15) is 91.6 Å². The molecule has 0 radical (unpaired) electrons. The lowest BCUT2D eigenvalue weighted by Gasteiger charge is -2.23. The number of carbonyl (C=O) groups is 2. The van der Waals surface area contributed by atoms with E-state index < -0.39 is 19.3 Å². The van der Waals surface area contributed by atoms with Crippen LogP contribution >= 0.6 is 0 Å². The van der Waals surface area contributed by atoms with Crippen molar-refractivity contribution < 1.29 is 32.8 Å². The van der Waals surface area contributed by atoms with Crippen molar-refractivity contribution in [2.75, 3.05) is 13.2 Å². The maximum absolute atomic E-state index is 15.7. The van der Waals surface area contributed by atoms with Crippen LogP contribution in [0.3, 0.4) is 0 Å². The zero-order valence-corrected chi connectivity index (χ0v) is 29.7. The zero-order valence-electron chi connectivity index (χ0n) is 29.7. The van der Waals surface area contributed by atoms with Crippen LogP contribution in [0.2, 0.25) is 0 Å². The highest BCUT2D eigenvalue weighted by Crippen LogP contribution is 2.47. The molecular formula is C41H43BF2N2O5. The molecule has 2 aliphatic carbocycles. The Labute approximate surface area is 298 Å². The van der Waals surface area contributed by atoms with Gasteiger partial charge in [0, 0.05) is 29.1 Å². The van der Waals surface area contributed by atoms with Crippen LogP contribution in [0.25, 0.3) is 22.8 Å². The van der Waals surface area contributed by atoms with E-state index >= 15 is 8.63 Å². The van der Waals surface area contributed by atoms with Crippen LogP contribution < -0.4 is 0 Å². The van der Waals surface area contributed by atoms with Crippen LogP contribution in [0, 0.1) is 13.8 Å². The molecular weight excluding hydrogens is 649 g/mol. The van der Waals surface area contributed by atoms with Gasteiger partial charge in [-0.25, -0.2) is 14.6 Å². The summed E-state index contributed by atoms with van der Waals surface area (Å²) in [6.45, 7) is 7.87. The molecule has 0 amide bonds. The van der Waals surface area contributed by atoms with Crippen molar-refractivity contribution in [1.82, 2.24) is 4.48 Å². The summed E-state index contributed by atoms with van der Waals surface area (Å²) >= 11 is 0. The van der Waals surface area contributed by atoms with Crippen molar-refractivity contribution in [2.24, 2.45) is 4.99 Å². The zero-order chi connectivity index (χ0) is 36.2. The number of carbonyl (C=O) groups excluding carboxylic acids is 2. The lowest BCUT2D eigenvalue weighted by Crippen LogP contribution is -2.19. The minimum absolute atomic E-state index is 0.171. The number of nitrogens with zero attached hydrogens (tertiary/aromatic N) is 2. The number of aromatic hydroxyl groups is 1. The molecule has 7 nitrogen and oxygen atoms in total. The topological polar surface area (TPSA) is 90.1 Å². The summed E-state index contributed by atoms with van der Waals surface area (Å²) in [5.74, 6) is -0.883. The van der Waals surface area contributed by atoms with E-state index in [1.807, 2.05) is 26.0 Å². The number of phenolic OH excluding ortho intramolecular Hbond substituents is 1. The number of benzene rings is 2. The molecule has 1 N–H and O–H groups in total. The van der Waals surface area contributed by atoms with E-state index in [1.54, 1.807) is 32.1 Å². The molecule has 0 spiro atoms. The molecule has 2 aromatic carbocycles. The van der Waals surface area contributed by atoms with Gasteiger partial charge in [0.25, 0.3) is 0 Å². The highest BCUT2D eigenvalue weighted by Gasteiger charge is 2.37. The molecule has 0 unspecified atom stereocenters. The van der Waals surface area contributed by atoms with Crippen molar-refractivity contribution >= 4 is 36.7 Å². The molecule has 1 aromatic heterocycles. The Bertz CT molecular complexity index is 1990. The average molecular weight is 693 g/mol. The number of esters is 2. The Kier molecular flexibility index (Phi) is 10.9. The molecule has 0 saturated heterocycles. The van der Waals surface area contributed by atoms with Gasteiger partial charge in [-0.05, 0) is 153 Å². The fraction of sp³-hybridized carbons (Fsp3) is 0.341. The summed E-state index contributed by atoms with van der Waals surface area (Å²) in [6, 6.07) is 11.1. The molecule has 264 valence electrons. The van der Waals surface area contributed by atoms with Gasteiger partial charge in [-0.15, -0.1) is 0 Å². The monoisotopic (exact) mass is 692 g/mol. The van der Waals surface area contributed by atoms with E-state index in [0.717, 1.165) is 93.1 Å². The van der Waals surface area contributed by atoms with Crippen LogP contribution in [0.4, 0.5) is 8.63 Å². The molecule has 3 aliphatic rings. The van der Waals surface area contributed by atoms with E-state index in [0.29, 0.717) is 41.2 Å². The maximum atomic E-state index is 15.7. The molecule has 51 heavy (non-hydrogen) atoms. The summed E-state index contributed by atoms with van der Waals surface area (Å²) in [6.07, 6.45) is 12.1. The third kappa shape index (κ3) is 7.27. The number of hydrogen-bond donors (Lipinski definition) is 1. The van der Waals surface area contributed by atoms with Gasteiger partial charge in [0.1, 0.15) is 5.75 Å². The molecule has 2 heterocycles. The fourth-order valence-electron chi connectivity index (χ4n) is 7.77. The van der Waals surface area contributed by atoms with Gasteiger partial charge in [-0.2, -0.15) is 0 Å². The quantitative estimate of drug-likeness (QED) is 0.130.